The molecular weight excluding hydrogens is 182 g/mol. The first kappa shape index (κ1) is 10.7. The molecule has 0 amide bonds. The van der Waals surface area contributed by atoms with Gasteiger partial charge in [-0.3, -0.25) is 0 Å². The lowest BCUT2D eigenvalue weighted by Crippen LogP contribution is -2.17. The quantitative estimate of drug-likeness (QED) is 0.798. The molecule has 1 aliphatic rings. The van der Waals surface area contributed by atoms with Gasteiger partial charge in [-0.05, 0) is 35.8 Å². The maximum Gasteiger partial charge on any atom is 0.0318 e. The molecule has 1 aromatic rings. The van der Waals surface area contributed by atoms with Gasteiger partial charge in [-0.25, -0.2) is 0 Å². The summed E-state index contributed by atoms with van der Waals surface area (Å²) < 4.78 is 0. The molecule has 0 aromatic heterocycles. The molecule has 2 rings (SSSR count). The van der Waals surface area contributed by atoms with Crippen LogP contribution in [-0.2, 0) is 0 Å². The van der Waals surface area contributed by atoms with Gasteiger partial charge in [0.2, 0.25) is 0 Å². The SMILES string of the molecule is CC(C)C(N)c1ccc(C2CCC2)cc1. The molecule has 0 bridgehead atoms. The van der Waals surface area contributed by atoms with E-state index in [0.29, 0.717) is 5.92 Å². The Labute approximate surface area is 92.7 Å². The summed E-state index contributed by atoms with van der Waals surface area (Å²) in [6, 6.07) is 9.12. The monoisotopic (exact) mass is 203 g/mol. The van der Waals surface area contributed by atoms with Crippen LogP contribution in [0.4, 0.5) is 0 Å². The Bertz CT molecular complexity index is 309. The van der Waals surface area contributed by atoms with Crippen molar-refractivity contribution in [2.45, 2.75) is 45.1 Å². The highest BCUT2D eigenvalue weighted by molar-refractivity contribution is 5.28. The minimum atomic E-state index is 0.181. The largest absolute Gasteiger partial charge is 0.324 e. The molecule has 0 heterocycles. The van der Waals surface area contributed by atoms with E-state index in [1.54, 1.807) is 0 Å². The molecule has 0 radical (unpaired) electrons. The highest BCUT2D eigenvalue weighted by Crippen LogP contribution is 2.36. The zero-order valence-electron chi connectivity index (χ0n) is 9.74. The molecule has 0 saturated heterocycles. The van der Waals surface area contributed by atoms with Crippen molar-refractivity contribution in [2.75, 3.05) is 0 Å². The third-order valence-electron chi connectivity index (χ3n) is 3.62. The van der Waals surface area contributed by atoms with Crippen molar-refractivity contribution in [3.05, 3.63) is 35.4 Å². The maximum absolute atomic E-state index is 6.11. The van der Waals surface area contributed by atoms with E-state index in [1.165, 1.54) is 30.4 Å². The van der Waals surface area contributed by atoms with Crippen LogP contribution in [0.15, 0.2) is 24.3 Å². The standard InChI is InChI=1S/C14H21N/c1-10(2)14(15)13-8-6-12(7-9-13)11-4-3-5-11/h6-11,14H,3-5,15H2,1-2H3. The Morgan fingerprint density at radius 2 is 1.73 bits per heavy atom. The van der Waals surface area contributed by atoms with Crippen LogP contribution in [0.25, 0.3) is 0 Å². The van der Waals surface area contributed by atoms with E-state index >= 15 is 0 Å². The number of hydrogen-bond donors (Lipinski definition) is 1. The fourth-order valence-corrected chi connectivity index (χ4v) is 2.12. The lowest BCUT2D eigenvalue weighted by atomic mass is 9.79. The molecule has 15 heavy (non-hydrogen) atoms. The van der Waals surface area contributed by atoms with Crippen LogP contribution < -0.4 is 5.73 Å². The fourth-order valence-electron chi connectivity index (χ4n) is 2.12. The molecule has 1 aliphatic carbocycles. The van der Waals surface area contributed by atoms with Gasteiger partial charge in [0, 0.05) is 6.04 Å². The van der Waals surface area contributed by atoms with E-state index in [-0.39, 0.29) is 6.04 Å². The van der Waals surface area contributed by atoms with Gasteiger partial charge in [0.25, 0.3) is 0 Å². The predicted molar refractivity (Wildman–Crippen MR) is 64.8 cm³/mol. The summed E-state index contributed by atoms with van der Waals surface area (Å²) in [6.45, 7) is 4.34. The van der Waals surface area contributed by atoms with Crippen LogP contribution >= 0.6 is 0 Å². The van der Waals surface area contributed by atoms with Gasteiger partial charge < -0.3 is 5.73 Å². The van der Waals surface area contributed by atoms with Gasteiger partial charge in [-0.2, -0.15) is 0 Å². The molecular formula is C14H21N. The second-order valence-electron chi connectivity index (χ2n) is 5.06. The van der Waals surface area contributed by atoms with Crippen LogP contribution in [0.5, 0.6) is 0 Å². The van der Waals surface area contributed by atoms with Crippen LogP contribution in [0, 0.1) is 5.92 Å². The summed E-state index contributed by atoms with van der Waals surface area (Å²) >= 11 is 0. The average Bonchev–Trinajstić information content (AvgIpc) is 2.15. The first-order chi connectivity index (χ1) is 7.18. The zero-order chi connectivity index (χ0) is 10.8. The lowest BCUT2D eigenvalue weighted by Gasteiger charge is -2.26. The van der Waals surface area contributed by atoms with Crippen LogP contribution in [-0.4, -0.2) is 0 Å². The second-order valence-corrected chi connectivity index (χ2v) is 5.06. The summed E-state index contributed by atoms with van der Waals surface area (Å²) in [5, 5.41) is 0. The van der Waals surface area contributed by atoms with E-state index < -0.39 is 0 Å². The molecule has 0 spiro atoms. The minimum Gasteiger partial charge on any atom is -0.324 e. The van der Waals surface area contributed by atoms with Crippen LogP contribution in [0.1, 0.15) is 56.2 Å². The van der Waals surface area contributed by atoms with E-state index in [1.807, 2.05) is 0 Å². The van der Waals surface area contributed by atoms with Crippen molar-refractivity contribution in [2.24, 2.45) is 11.7 Å². The highest BCUT2D eigenvalue weighted by atomic mass is 14.6. The molecule has 1 heteroatoms. The third-order valence-corrected chi connectivity index (χ3v) is 3.62. The Morgan fingerprint density at radius 1 is 1.13 bits per heavy atom. The van der Waals surface area contributed by atoms with Gasteiger partial charge in [-0.15, -0.1) is 0 Å². The molecule has 1 unspecified atom stereocenters. The number of nitrogens with two attached hydrogens (primary N) is 1. The van der Waals surface area contributed by atoms with Crippen LogP contribution in [0.3, 0.4) is 0 Å². The van der Waals surface area contributed by atoms with Crippen molar-refractivity contribution < 1.29 is 0 Å². The minimum absolute atomic E-state index is 0.181. The van der Waals surface area contributed by atoms with Crippen molar-refractivity contribution in [3.8, 4) is 0 Å². The molecule has 2 N–H and O–H groups in total. The lowest BCUT2D eigenvalue weighted by molar-refractivity contribution is 0.419. The number of hydrogen-bond acceptors (Lipinski definition) is 1. The normalized spacial score (nSPS) is 18.9. The van der Waals surface area contributed by atoms with E-state index in [9.17, 15) is 0 Å². The first-order valence-corrected chi connectivity index (χ1v) is 6.04. The summed E-state index contributed by atoms with van der Waals surface area (Å²) in [7, 11) is 0. The van der Waals surface area contributed by atoms with Gasteiger partial charge in [0.05, 0.1) is 0 Å². The molecule has 1 nitrogen and oxygen atoms in total. The van der Waals surface area contributed by atoms with Crippen molar-refractivity contribution in [1.82, 2.24) is 0 Å². The molecule has 1 atom stereocenters. The summed E-state index contributed by atoms with van der Waals surface area (Å²) in [4.78, 5) is 0. The Balaban J connectivity index is 2.09. The van der Waals surface area contributed by atoms with E-state index in [0.717, 1.165) is 5.92 Å². The fraction of sp³-hybridized carbons (Fsp3) is 0.571. The third kappa shape index (κ3) is 2.23. The molecule has 82 valence electrons. The Kier molecular flexibility index (Phi) is 3.11. The first-order valence-electron chi connectivity index (χ1n) is 6.04. The Hall–Kier alpha value is -0.820. The van der Waals surface area contributed by atoms with Crippen molar-refractivity contribution in [3.63, 3.8) is 0 Å². The van der Waals surface area contributed by atoms with Crippen molar-refractivity contribution in [1.29, 1.82) is 0 Å². The predicted octanol–water partition coefficient (Wildman–Crippen LogP) is 3.61. The summed E-state index contributed by atoms with van der Waals surface area (Å²) in [6.07, 6.45) is 4.14. The molecule has 1 aromatic carbocycles. The molecule has 1 saturated carbocycles. The Morgan fingerprint density at radius 3 is 2.13 bits per heavy atom. The van der Waals surface area contributed by atoms with Crippen LogP contribution in [0.2, 0.25) is 0 Å². The van der Waals surface area contributed by atoms with Gasteiger partial charge >= 0.3 is 0 Å². The smallest absolute Gasteiger partial charge is 0.0318 e. The maximum atomic E-state index is 6.11. The van der Waals surface area contributed by atoms with Gasteiger partial charge in [0.15, 0.2) is 0 Å². The van der Waals surface area contributed by atoms with E-state index in [4.69, 9.17) is 5.73 Å². The van der Waals surface area contributed by atoms with Crippen molar-refractivity contribution >= 4 is 0 Å². The molecule has 1 fully saturated rings. The van der Waals surface area contributed by atoms with Gasteiger partial charge in [-0.1, -0.05) is 44.5 Å². The number of rotatable bonds is 3. The topological polar surface area (TPSA) is 26.0 Å². The molecule has 0 aliphatic heterocycles. The second kappa shape index (κ2) is 4.36. The van der Waals surface area contributed by atoms with Gasteiger partial charge in [0.1, 0.15) is 0 Å². The highest BCUT2D eigenvalue weighted by Gasteiger charge is 2.19. The summed E-state index contributed by atoms with van der Waals surface area (Å²) in [5.74, 6) is 1.34. The van der Waals surface area contributed by atoms with E-state index in [2.05, 4.69) is 38.1 Å². The summed E-state index contributed by atoms with van der Waals surface area (Å²) in [5.41, 5.74) is 8.88. The number of benzene rings is 1. The zero-order valence-corrected chi connectivity index (χ0v) is 9.74. The average molecular weight is 203 g/mol.